The molecule has 0 aromatic heterocycles. The molecule has 1 atom stereocenters. The van der Waals surface area contributed by atoms with Crippen molar-refractivity contribution in [2.24, 2.45) is 4.99 Å². The van der Waals surface area contributed by atoms with E-state index in [9.17, 15) is 9.59 Å². The molecule has 146 valence electrons. The van der Waals surface area contributed by atoms with Crippen LogP contribution in [0.1, 0.15) is 48.1 Å². The van der Waals surface area contributed by atoms with E-state index in [1.54, 1.807) is 30.3 Å². The van der Waals surface area contributed by atoms with E-state index in [4.69, 9.17) is 16.3 Å². The van der Waals surface area contributed by atoms with Crippen molar-refractivity contribution in [1.29, 1.82) is 0 Å². The molecule has 2 aromatic carbocycles. The Morgan fingerprint density at radius 3 is 2.71 bits per heavy atom. The van der Waals surface area contributed by atoms with Crippen molar-refractivity contribution in [3.8, 4) is 5.75 Å². The number of hydrogen-bond acceptors (Lipinski definition) is 4. The van der Waals surface area contributed by atoms with Crippen molar-refractivity contribution in [2.45, 2.75) is 32.2 Å². The van der Waals surface area contributed by atoms with Gasteiger partial charge in [0.25, 0.3) is 5.91 Å². The summed E-state index contributed by atoms with van der Waals surface area (Å²) >= 11 is 6.21. The molecule has 6 nitrogen and oxygen atoms in total. The van der Waals surface area contributed by atoms with Gasteiger partial charge < -0.3 is 4.74 Å². The van der Waals surface area contributed by atoms with Crippen LogP contribution < -0.4 is 15.4 Å². The van der Waals surface area contributed by atoms with Crippen molar-refractivity contribution >= 4 is 29.4 Å². The molecule has 0 radical (unpaired) electrons. The Hall–Kier alpha value is -2.86. The number of hydrogen-bond donors (Lipinski definition) is 2. The Morgan fingerprint density at radius 2 is 2.00 bits per heavy atom. The highest BCUT2D eigenvalue weighted by Gasteiger charge is 2.25. The molecule has 1 aliphatic heterocycles. The van der Waals surface area contributed by atoms with E-state index >= 15 is 0 Å². The van der Waals surface area contributed by atoms with E-state index in [2.05, 4.69) is 22.5 Å². The average molecular weight is 400 g/mol. The quantitative estimate of drug-likeness (QED) is 0.723. The van der Waals surface area contributed by atoms with Gasteiger partial charge in [-0.2, -0.15) is 0 Å². The summed E-state index contributed by atoms with van der Waals surface area (Å²) in [5.74, 6) is 0.246. The molecule has 0 aliphatic carbocycles. The lowest BCUT2D eigenvalue weighted by Gasteiger charge is -2.22. The van der Waals surface area contributed by atoms with Gasteiger partial charge in [0.15, 0.2) is 0 Å². The van der Waals surface area contributed by atoms with Crippen LogP contribution in [-0.2, 0) is 4.79 Å². The first-order valence-corrected chi connectivity index (χ1v) is 9.61. The standard InChI is InChI=1S/C21H22ClN3O3/c1-2-3-12-28-15-10-8-14(9-11-15)20(27)25-21-23-18(13-19(26)24-21)16-6-4-5-7-17(16)22/h4-11,18H,2-3,12-13H2,1H3,(H2,23,24,25,26,27)/t18-/m1/s1. The second-order valence-corrected chi connectivity index (χ2v) is 6.86. The number of aliphatic imine (C=N–C) groups is 1. The zero-order valence-corrected chi connectivity index (χ0v) is 16.3. The molecule has 2 aromatic rings. The third-order valence-electron chi connectivity index (χ3n) is 4.30. The average Bonchev–Trinajstić information content (AvgIpc) is 2.68. The number of unbranched alkanes of at least 4 members (excludes halogenated alkanes) is 1. The molecule has 0 bridgehead atoms. The lowest BCUT2D eigenvalue weighted by molar-refractivity contribution is -0.120. The fourth-order valence-corrected chi connectivity index (χ4v) is 3.06. The minimum absolute atomic E-state index is 0.120. The number of benzene rings is 2. The first-order valence-electron chi connectivity index (χ1n) is 9.23. The number of nitrogens with one attached hydrogen (secondary N) is 2. The molecule has 0 saturated heterocycles. The predicted octanol–water partition coefficient (Wildman–Crippen LogP) is 3.87. The highest BCUT2D eigenvalue weighted by Crippen LogP contribution is 2.29. The van der Waals surface area contributed by atoms with E-state index in [0.29, 0.717) is 22.9 Å². The summed E-state index contributed by atoms with van der Waals surface area (Å²) in [6.45, 7) is 2.74. The summed E-state index contributed by atoms with van der Waals surface area (Å²) in [7, 11) is 0. The van der Waals surface area contributed by atoms with Crippen LogP contribution in [0.25, 0.3) is 0 Å². The predicted molar refractivity (Wildman–Crippen MR) is 109 cm³/mol. The monoisotopic (exact) mass is 399 g/mol. The van der Waals surface area contributed by atoms with Crippen LogP contribution in [0.15, 0.2) is 53.5 Å². The van der Waals surface area contributed by atoms with Gasteiger partial charge in [0.1, 0.15) is 5.75 Å². The molecular formula is C21H22ClN3O3. The SMILES string of the molecule is CCCCOc1ccc(C(=O)NC2=N[C@@H](c3ccccc3Cl)CC(=O)N2)cc1. The molecule has 7 heteroatoms. The number of ether oxygens (including phenoxy) is 1. The third-order valence-corrected chi connectivity index (χ3v) is 4.64. The minimum Gasteiger partial charge on any atom is -0.494 e. The first kappa shape index (κ1) is 19.9. The van der Waals surface area contributed by atoms with Crippen molar-refractivity contribution in [3.05, 3.63) is 64.7 Å². The molecule has 3 rings (SSSR count). The van der Waals surface area contributed by atoms with Crippen LogP contribution in [-0.4, -0.2) is 24.4 Å². The molecule has 1 aliphatic rings. The van der Waals surface area contributed by atoms with Crippen LogP contribution >= 0.6 is 11.6 Å². The Kier molecular flexibility index (Phi) is 6.66. The topological polar surface area (TPSA) is 79.8 Å². The van der Waals surface area contributed by atoms with E-state index < -0.39 is 6.04 Å². The van der Waals surface area contributed by atoms with Gasteiger partial charge in [0.2, 0.25) is 11.9 Å². The van der Waals surface area contributed by atoms with Gasteiger partial charge in [-0.1, -0.05) is 43.1 Å². The van der Waals surface area contributed by atoms with Crippen molar-refractivity contribution in [3.63, 3.8) is 0 Å². The summed E-state index contributed by atoms with van der Waals surface area (Å²) < 4.78 is 5.59. The van der Waals surface area contributed by atoms with E-state index in [0.717, 1.165) is 18.4 Å². The van der Waals surface area contributed by atoms with Crippen LogP contribution in [0.3, 0.4) is 0 Å². The van der Waals surface area contributed by atoms with Gasteiger partial charge in [-0.25, -0.2) is 4.99 Å². The Balaban J connectivity index is 1.68. The lowest BCUT2D eigenvalue weighted by atomic mass is 10.0. The fraction of sp³-hybridized carbons (Fsp3) is 0.286. The number of halogens is 1. The third kappa shape index (κ3) is 5.10. The second kappa shape index (κ2) is 9.37. The van der Waals surface area contributed by atoms with Gasteiger partial charge >= 0.3 is 0 Å². The van der Waals surface area contributed by atoms with Crippen molar-refractivity contribution in [2.75, 3.05) is 6.61 Å². The van der Waals surface area contributed by atoms with E-state index in [-0.39, 0.29) is 24.2 Å². The number of rotatable bonds is 6. The molecule has 0 fully saturated rings. The Morgan fingerprint density at radius 1 is 1.25 bits per heavy atom. The molecule has 1 heterocycles. The molecule has 0 unspecified atom stereocenters. The molecule has 0 saturated carbocycles. The van der Waals surface area contributed by atoms with Gasteiger partial charge in [0, 0.05) is 10.6 Å². The number of guanidine groups is 1. The van der Waals surface area contributed by atoms with E-state index in [1.165, 1.54) is 0 Å². The van der Waals surface area contributed by atoms with Gasteiger partial charge in [-0.05, 0) is 42.3 Å². The minimum atomic E-state index is -0.438. The second-order valence-electron chi connectivity index (χ2n) is 6.45. The number of carbonyl (C=O) groups is 2. The van der Waals surface area contributed by atoms with Crippen LogP contribution in [0.4, 0.5) is 0 Å². The maximum atomic E-state index is 12.5. The largest absolute Gasteiger partial charge is 0.494 e. The summed E-state index contributed by atoms with van der Waals surface area (Å²) in [4.78, 5) is 29.0. The highest BCUT2D eigenvalue weighted by atomic mass is 35.5. The summed E-state index contributed by atoms with van der Waals surface area (Å²) in [5, 5.41) is 5.78. The Labute approximate surface area is 169 Å². The smallest absolute Gasteiger partial charge is 0.257 e. The fourth-order valence-electron chi connectivity index (χ4n) is 2.80. The maximum Gasteiger partial charge on any atom is 0.257 e. The van der Waals surface area contributed by atoms with Gasteiger partial charge in [-0.3, -0.25) is 20.2 Å². The number of carbonyl (C=O) groups excluding carboxylic acids is 2. The molecule has 2 amide bonds. The number of amides is 2. The highest BCUT2D eigenvalue weighted by molar-refractivity contribution is 6.31. The summed E-state index contributed by atoms with van der Waals surface area (Å²) in [5.41, 5.74) is 1.19. The van der Waals surface area contributed by atoms with Gasteiger partial charge in [0.05, 0.1) is 19.1 Å². The Bertz CT molecular complexity index is 881. The zero-order valence-electron chi connectivity index (χ0n) is 15.6. The van der Waals surface area contributed by atoms with Crippen molar-refractivity contribution in [1.82, 2.24) is 10.6 Å². The summed E-state index contributed by atoms with van der Waals surface area (Å²) in [6.07, 6.45) is 2.21. The van der Waals surface area contributed by atoms with Crippen LogP contribution in [0, 0.1) is 0 Å². The van der Waals surface area contributed by atoms with Crippen molar-refractivity contribution < 1.29 is 14.3 Å². The lowest BCUT2D eigenvalue weighted by Crippen LogP contribution is -2.47. The maximum absolute atomic E-state index is 12.5. The number of nitrogens with zero attached hydrogens (tertiary/aromatic N) is 1. The van der Waals surface area contributed by atoms with E-state index in [1.807, 2.05) is 18.2 Å². The van der Waals surface area contributed by atoms with Gasteiger partial charge in [-0.15, -0.1) is 0 Å². The molecule has 28 heavy (non-hydrogen) atoms. The normalized spacial score (nSPS) is 16.1. The summed E-state index contributed by atoms with van der Waals surface area (Å²) in [6, 6.07) is 13.6. The van der Waals surface area contributed by atoms with Crippen LogP contribution in [0.2, 0.25) is 5.02 Å². The zero-order chi connectivity index (χ0) is 19.9. The molecular weight excluding hydrogens is 378 g/mol. The molecule has 0 spiro atoms. The molecule has 2 N–H and O–H groups in total. The van der Waals surface area contributed by atoms with Crippen LogP contribution in [0.5, 0.6) is 5.75 Å². The first-order chi connectivity index (χ1) is 13.6.